The van der Waals surface area contributed by atoms with Crippen molar-refractivity contribution in [3.8, 4) is 0 Å². The first-order valence-corrected chi connectivity index (χ1v) is 8.12. The van der Waals surface area contributed by atoms with E-state index in [-0.39, 0.29) is 0 Å². The molecule has 3 rings (SSSR count). The molecular weight excluding hydrogens is 258 g/mol. The Morgan fingerprint density at radius 3 is 2.42 bits per heavy atom. The number of piperidine rings is 1. The standard InChI is InChI=1S/C13H21N5S/c14-11-15-12(18-8-4-1-5-9-18)17-13(16-11)19-10-6-2-3-7-10/h10H,1-9H2,(H2,14,15,16,17). The Morgan fingerprint density at radius 2 is 1.68 bits per heavy atom. The highest BCUT2D eigenvalue weighted by Crippen LogP contribution is 2.33. The van der Waals surface area contributed by atoms with Gasteiger partial charge in [0.25, 0.3) is 0 Å². The van der Waals surface area contributed by atoms with E-state index < -0.39 is 0 Å². The van der Waals surface area contributed by atoms with Gasteiger partial charge in [-0.25, -0.2) is 0 Å². The van der Waals surface area contributed by atoms with Crippen molar-refractivity contribution in [2.45, 2.75) is 55.4 Å². The Morgan fingerprint density at radius 1 is 0.947 bits per heavy atom. The van der Waals surface area contributed by atoms with Crippen molar-refractivity contribution in [2.75, 3.05) is 23.7 Å². The highest BCUT2D eigenvalue weighted by atomic mass is 32.2. The third-order valence-corrected chi connectivity index (χ3v) is 5.03. The van der Waals surface area contributed by atoms with E-state index in [4.69, 9.17) is 5.73 Å². The first-order valence-electron chi connectivity index (χ1n) is 7.24. The van der Waals surface area contributed by atoms with E-state index in [2.05, 4.69) is 19.9 Å². The molecule has 2 aliphatic rings. The molecular formula is C13H21N5S. The summed E-state index contributed by atoms with van der Waals surface area (Å²) in [5.74, 6) is 1.13. The summed E-state index contributed by atoms with van der Waals surface area (Å²) >= 11 is 1.77. The molecule has 0 aromatic carbocycles. The number of nitrogens with zero attached hydrogens (tertiary/aromatic N) is 4. The predicted molar refractivity (Wildman–Crippen MR) is 78.4 cm³/mol. The van der Waals surface area contributed by atoms with Crippen molar-refractivity contribution in [3.05, 3.63) is 0 Å². The normalized spacial score (nSPS) is 20.9. The molecule has 1 aromatic rings. The zero-order valence-electron chi connectivity index (χ0n) is 11.2. The third kappa shape index (κ3) is 3.29. The Balaban J connectivity index is 1.74. The molecule has 2 N–H and O–H groups in total. The summed E-state index contributed by atoms with van der Waals surface area (Å²) < 4.78 is 0. The lowest BCUT2D eigenvalue weighted by molar-refractivity contribution is 0.565. The van der Waals surface area contributed by atoms with E-state index in [1.54, 1.807) is 11.8 Å². The second-order valence-electron chi connectivity index (χ2n) is 5.35. The van der Waals surface area contributed by atoms with Gasteiger partial charge >= 0.3 is 0 Å². The van der Waals surface area contributed by atoms with Gasteiger partial charge in [-0.1, -0.05) is 24.6 Å². The van der Waals surface area contributed by atoms with Crippen LogP contribution in [0.4, 0.5) is 11.9 Å². The summed E-state index contributed by atoms with van der Waals surface area (Å²) in [6.07, 6.45) is 8.95. The van der Waals surface area contributed by atoms with Crippen LogP contribution >= 0.6 is 11.8 Å². The minimum absolute atomic E-state index is 0.357. The minimum Gasteiger partial charge on any atom is -0.368 e. The Labute approximate surface area is 118 Å². The largest absolute Gasteiger partial charge is 0.368 e. The maximum Gasteiger partial charge on any atom is 0.231 e. The SMILES string of the molecule is Nc1nc(SC2CCCC2)nc(N2CCCCC2)n1. The Hall–Kier alpha value is -1.04. The number of rotatable bonds is 3. The Bertz CT molecular complexity index is 427. The minimum atomic E-state index is 0.357. The number of aromatic nitrogens is 3. The molecule has 1 aliphatic carbocycles. The summed E-state index contributed by atoms with van der Waals surface area (Å²) in [6, 6.07) is 0. The molecule has 1 saturated carbocycles. The van der Waals surface area contributed by atoms with Gasteiger partial charge in [-0.05, 0) is 32.1 Å². The van der Waals surface area contributed by atoms with Crippen LogP contribution in [-0.2, 0) is 0 Å². The molecule has 5 nitrogen and oxygen atoms in total. The zero-order valence-corrected chi connectivity index (χ0v) is 12.0. The molecule has 0 spiro atoms. The molecule has 2 fully saturated rings. The molecule has 0 bridgehead atoms. The molecule has 1 aromatic heterocycles. The van der Waals surface area contributed by atoms with Gasteiger partial charge in [0.15, 0.2) is 5.16 Å². The number of thioether (sulfide) groups is 1. The smallest absolute Gasteiger partial charge is 0.231 e. The molecule has 0 atom stereocenters. The number of hydrogen-bond donors (Lipinski definition) is 1. The first kappa shape index (κ1) is 13.0. The maximum atomic E-state index is 5.84. The quantitative estimate of drug-likeness (QED) is 0.916. The summed E-state index contributed by atoms with van der Waals surface area (Å²) in [4.78, 5) is 15.4. The van der Waals surface area contributed by atoms with E-state index in [1.807, 2.05) is 0 Å². The fourth-order valence-corrected chi connectivity index (χ4v) is 3.95. The number of anilines is 2. The fourth-order valence-electron chi connectivity index (χ4n) is 2.80. The molecule has 0 unspecified atom stereocenters. The van der Waals surface area contributed by atoms with Crippen LogP contribution in [0.1, 0.15) is 44.9 Å². The van der Waals surface area contributed by atoms with E-state index >= 15 is 0 Å². The first-order chi connectivity index (χ1) is 9.31. The van der Waals surface area contributed by atoms with Gasteiger partial charge in [0, 0.05) is 18.3 Å². The number of hydrogen-bond acceptors (Lipinski definition) is 6. The van der Waals surface area contributed by atoms with Crippen LogP contribution in [-0.4, -0.2) is 33.3 Å². The van der Waals surface area contributed by atoms with Crippen LogP contribution < -0.4 is 10.6 Å². The van der Waals surface area contributed by atoms with Crippen molar-refractivity contribution >= 4 is 23.7 Å². The molecule has 19 heavy (non-hydrogen) atoms. The van der Waals surface area contributed by atoms with Crippen LogP contribution in [0.15, 0.2) is 5.16 Å². The van der Waals surface area contributed by atoms with Gasteiger partial charge in [-0.15, -0.1) is 0 Å². The van der Waals surface area contributed by atoms with Gasteiger partial charge in [0.1, 0.15) is 0 Å². The molecule has 1 saturated heterocycles. The average molecular weight is 279 g/mol. The van der Waals surface area contributed by atoms with Crippen molar-refractivity contribution in [1.82, 2.24) is 15.0 Å². The second-order valence-corrected chi connectivity index (χ2v) is 6.62. The molecule has 104 valence electrons. The van der Waals surface area contributed by atoms with E-state index in [1.165, 1.54) is 44.9 Å². The summed E-state index contributed by atoms with van der Waals surface area (Å²) in [6.45, 7) is 2.08. The lowest BCUT2D eigenvalue weighted by Crippen LogP contribution is -2.31. The van der Waals surface area contributed by atoms with Crippen LogP contribution in [0.5, 0.6) is 0 Å². The monoisotopic (exact) mass is 279 g/mol. The number of nitrogens with two attached hydrogens (primary N) is 1. The highest BCUT2D eigenvalue weighted by molar-refractivity contribution is 7.99. The van der Waals surface area contributed by atoms with Crippen molar-refractivity contribution in [3.63, 3.8) is 0 Å². The molecule has 1 aliphatic heterocycles. The Kier molecular flexibility index (Phi) is 4.06. The van der Waals surface area contributed by atoms with E-state index in [9.17, 15) is 0 Å². The third-order valence-electron chi connectivity index (χ3n) is 3.83. The van der Waals surface area contributed by atoms with Crippen LogP contribution in [0, 0.1) is 0 Å². The van der Waals surface area contributed by atoms with E-state index in [0.717, 1.165) is 24.2 Å². The molecule has 2 heterocycles. The lowest BCUT2D eigenvalue weighted by Gasteiger charge is -2.26. The van der Waals surface area contributed by atoms with Crippen LogP contribution in [0.25, 0.3) is 0 Å². The van der Waals surface area contributed by atoms with Crippen molar-refractivity contribution < 1.29 is 0 Å². The van der Waals surface area contributed by atoms with Crippen molar-refractivity contribution in [2.24, 2.45) is 0 Å². The zero-order chi connectivity index (χ0) is 13.1. The highest BCUT2D eigenvalue weighted by Gasteiger charge is 2.20. The molecule has 0 radical (unpaired) electrons. The lowest BCUT2D eigenvalue weighted by atomic mass is 10.1. The molecule has 0 amide bonds. The van der Waals surface area contributed by atoms with Gasteiger partial charge in [0.2, 0.25) is 11.9 Å². The second kappa shape index (κ2) is 5.94. The van der Waals surface area contributed by atoms with Crippen molar-refractivity contribution in [1.29, 1.82) is 0 Å². The van der Waals surface area contributed by atoms with Crippen LogP contribution in [0.3, 0.4) is 0 Å². The van der Waals surface area contributed by atoms with Gasteiger partial charge in [-0.3, -0.25) is 0 Å². The topological polar surface area (TPSA) is 67.9 Å². The summed E-state index contributed by atoms with van der Waals surface area (Å²) in [5, 5.41) is 1.47. The number of nitrogen functional groups attached to an aromatic ring is 1. The maximum absolute atomic E-state index is 5.84. The van der Waals surface area contributed by atoms with Gasteiger partial charge in [-0.2, -0.15) is 15.0 Å². The van der Waals surface area contributed by atoms with E-state index in [0.29, 0.717) is 11.2 Å². The summed E-state index contributed by atoms with van der Waals surface area (Å²) in [7, 11) is 0. The predicted octanol–water partition coefficient (Wildman–Crippen LogP) is 2.48. The van der Waals surface area contributed by atoms with Crippen LogP contribution in [0.2, 0.25) is 0 Å². The van der Waals surface area contributed by atoms with Gasteiger partial charge < -0.3 is 10.6 Å². The van der Waals surface area contributed by atoms with Gasteiger partial charge in [0.05, 0.1) is 0 Å². The molecule has 6 heteroatoms. The summed E-state index contributed by atoms with van der Waals surface area (Å²) in [5.41, 5.74) is 5.84. The average Bonchev–Trinajstić information content (AvgIpc) is 2.92. The fraction of sp³-hybridized carbons (Fsp3) is 0.769.